The van der Waals surface area contributed by atoms with Crippen LogP contribution in [0, 0.1) is 6.92 Å². The molecular weight excluding hydrogens is 278 g/mol. The molecule has 0 fully saturated rings. The average molecular weight is 295 g/mol. The monoisotopic (exact) mass is 295 g/mol. The van der Waals surface area contributed by atoms with Crippen molar-refractivity contribution < 1.29 is 13.2 Å². The summed E-state index contributed by atoms with van der Waals surface area (Å²) in [7, 11) is -3.86. The third kappa shape index (κ3) is 2.93. The van der Waals surface area contributed by atoms with E-state index in [9.17, 15) is 13.2 Å². The number of sulfonamides is 1. The molecule has 0 atom stereocenters. The average Bonchev–Trinajstić information content (AvgIpc) is 2.87. The van der Waals surface area contributed by atoms with Crippen LogP contribution in [0.15, 0.2) is 40.9 Å². The van der Waals surface area contributed by atoms with E-state index in [0.717, 1.165) is 12.0 Å². The molecular formula is C13H17N3O3S. The summed E-state index contributed by atoms with van der Waals surface area (Å²) in [6.45, 7) is 4.04. The van der Waals surface area contributed by atoms with Crippen molar-refractivity contribution in [3.8, 4) is 0 Å². The minimum Gasteiger partial charge on any atom is -0.302 e. The maximum atomic E-state index is 12.2. The van der Waals surface area contributed by atoms with Gasteiger partial charge in [0.15, 0.2) is 0 Å². The van der Waals surface area contributed by atoms with Crippen molar-refractivity contribution in [3.05, 3.63) is 41.6 Å². The van der Waals surface area contributed by atoms with E-state index in [0.29, 0.717) is 12.1 Å². The SMILES string of the molecule is CCC1=CNN(C(=O)NS(=O)(=O)c2ccccc2C)C1. The third-order valence-electron chi connectivity index (χ3n) is 3.09. The van der Waals surface area contributed by atoms with Gasteiger partial charge >= 0.3 is 6.03 Å². The molecule has 0 saturated heterocycles. The van der Waals surface area contributed by atoms with Crippen LogP contribution in [0.5, 0.6) is 0 Å². The van der Waals surface area contributed by atoms with Gasteiger partial charge in [-0.15, -0.1) is 0 Å². The number of hydrazine groups is 1. The molecule has 1 aromatic rings. The van der Waals surface area contributed by atoms with E-state index in [4.69, 9.17) is 0 Å². The summed E-state index contributed by atoms with van der Waals surface area (Å²) in [6, 6.07) is 5.84. The van der Waals surface area contributed by atoms with Gasteiger partial charge in [-0.25, -0.2) is 22.9 Å². The Bertz CT molecular complexity index is 653. The van der Waals surface area contributed by atoms with Crippen molar-refractivity contribution in [1.29, 1.82) is 0 Å². The first kappa shape index (κ1) is 14.4. The summed E-state index contributed by atoms with van der Waals surface area (Å²) in [5.41, 5.74) is 4.37. The number of nitrogens with one attached hydrogen (secondary N) is 2. The number of amides is 2. The van der Waals surface area contributed by atoms with E-state index >= 15 is 0 Å². The molecule has 0 unspecified atom stereocenters. The first-order chi connectivity index (χ1) is 9.44. The molecule has 0 bridgehead atoms. The number of nitrogens with zero attached hydrogens (tertiary/aromatic N) is 1. The van der Waals surface area contributed by atoms with Crippen LogP contribution < -0.4 is 10.1 Å². The van der Waals surface area contributed by atoms with E-state index < -0.39 is 16.1 Å². The zero-order valence-corrected chi connectivity index (χ0v) is 12.2. The number of carbonyl (C=O) groups excluding carboxylic acids is 1. The molecule has 7 heteroatoms. The number of rotatable bonds is 3. The van der Waals surface area contributed by atoms with Gasteiger partial charge in [-0.05, 0) is 30.5 Å². The fraction of sp³-hybridized carbons (Fsp3) is 0.308. The Morgan fingerprint density at radius 2 is 2.10 bits per heavy atom. The first-order valence-corrected chi connectivity index (χ1v) is 7.76. The minimum absolute atomic E-state index is 0.108. The molecule has 0 radical (unpaired) electrons. The maximum Gasteiger partial charge on any atom is 0.350 e. The van der Waals surface area contributed by atoms with Crippen molar-refractivity contribution in [2.24, 2.45) is 0 Å². The maximum absolute atomic E-state index is 12.2. The lowest BCUT2D eigenvalue weighted by molar-refractivity contribution is 0.199. The van der Waals surface area contributed by atoms with Crippen molar-refractivity contribution >= 4 is 16.1 Å². The second-order valence-corrected chi connectivity index (χ2v) is 6.20. The van der Waals surface area contributed by atoms with E-state index in [1.54, 1.807) is 31.3 Å². The third-order valence-corrected chi connectivity index (χ3v) is 4.57. The van der Waals surface area contributed by atoms with Crippen LogP contribution in [0.4, 0.5) is 4.79 Å². The topological polar surface area (TPSA) is 78.5 Å². The second kappa shape index (κ2) is 5.54. The lowest BCUT2D eigenvalue weighted by atomic mass is 10.2. The van der Waals surface area contributed by atoms with Crippen LogP contribution in [0.25, 0.3) is 0 Å². The smallest absolute Gasteiger partial charge is 0.302 e. The fourth-order valence-electron chi connectivity index (χ4n) is 1.89. The number of urea groups is 1. The van der Waals surface area contributed by atoms with Crippen molar-refractivity contribution in [1.82, 2.24) is 15.2 Å². The zero-order valence-electron chi connectivity index (χ0n) is 11.4. The van der Waals surface area contributed by atoms with E-state index in [2.05, 4.69) is 10.1 Å². The normalized spacial score (nSPS) is 14.7. The van der Waals surface area contributed by atoms with Gasteiger partial charge in [0.05, 0.1) is 11.4 Å². The molecule has 1 aliphatic rings. The summed E-state index contributed by atoms with van der Waals surface area (Å²) in [5, 5.41) is 1.23. The second-order valence-electron chi connectivity index (χ2n) is 4.55. The Hall–Kier alpha value is -2.02. The van der Waals surface area contributed by atoms with Crippen LogP contribution in [-0.2, 0) is 10.0 Å². The van der Waals surface area contributed by atoms with Crippen LogP contribution in [0.3, 0.4) is 0 Å². The van der Waals surface area contributed by atoms with Gasteiger partial charge in [0, 0.05) is 6.20 Å². The van der Waals surface area contributed by atoms with Crippen LogP contribution >= 0.6 is 0 Å². The highest BCUT2D eigenvalue weighted by molar-refractivity contribution is 7.90. The molecule has 20 heavy (non-hydrogen) atoms. The van der Waals surface area contributed by atoms with Gasteiger partial charge in [0.1, 0.15) is 0 Å². The van der Waals surface area contributed by atoms with Gasteiger partial charge in [-0.3, -0.25) is 0 Å². The Labute approximate surface area is 118 Å². The van der Waals surface area contributed by atoms with E-state index in [-0.39, 0.29) is 4.90 Å². The molecule has 0 saturated carbocycles. The van der Waals surface area contributed by atoms with Gasteiger partial charge in [0.25, 0.3) is 10.0 Å². The molecule has 6 nitrogen and oxygen atoms in total. The predicted octanol–water partition coefficient (Wildman–Crippen LogP) is 1.51. The fourth-order valence-corrected chi connectivity index (χ4v) is 3.09. The Balaban J connectivity index is 2.10. The zero-order chi connectivity index (χ0) is 14.8. The molecule has 1 aliphatic heterocycles. The van der Waals surface area contributed by atoms with Gasteiger partial charge in [-0.2, -0.15) is 0 Å². The number of hydrogen-bond acceptors (Lipinski definition) is 4. The lowest BCUT2D eigenvalue weighted by Crippen LogP contribution is -2.46. The predicted molar refractivity (Wildman–Crippen MR) is 75.1 cm³/mol. The van der Waals surface area contributed by atoms with Crippen molar-refractivity contribution in [2.75, 3.05) is 6.54 Å². The quantitative estimate of drug-likeness (QED) is 0.886. The Kier molecular flexibility index (Phi) is 3.99. The first-order valence-electron chi connectivity index (χ1n) is 6.28. The largest absolute Gasteiger partial charge is 0.350 e. The van der Waals surface area contributed by atoms with Gasteiger partial charge in [-0.1, -0.05) is 25.1 Å². The molecule has 0 aromatic heterocycles. The van der Waals surface area contributed by atoms with E-state index in [1.807, 2.05) is 6.92 Å². The lowest BCUT2D eigenvalue weighted by Gasteiger charge is -2.18. The summed E-state index contributed by atoms with van der Waals surface area (Å²) >= 11 is 0. The molecule has 0 aliphatic carbocycles. The molecule has 0 spiro atoms. The van der Waals surface area contributed by atoms with Crippen molar-refractivity contribution in [2.45, 2.75) is 25.2 Å². The Morgan fingerprint density at radius 3 is 2.70 bits per heavy atom. The molecule has 2 amide bonds. The van der Waals surface area contributed by atoms with Crippen LogP contribution in [-0.4, -0.2) is 26.0 Å². The highest BCUT2D eigenvalue weighted by atomic mass is 32.2. The number of aryl methyl sites for hydroxylation is 1. The molecule has 1 aromatic carbocycles. The number of benzene rings is 1. The summed E-state index contributed by atoms with van der Waals surface area (Å²) in [4.78, 5) is 12.1. The number of hydrogen-bond donors (Lipinski definition) is 2. The molecule has 108 valence electrons. The summed E-state index contributed by atoms with van der Waals surface area (Å²) < 4.78 is 26.4. The summed E-state index contributed by atoms with van der Waals surface area (Å²) in [6.07, 6.45) is 2.52. The standard InChI is InChI=1S/C13H17N3O3S/c1-3-11-8-14-16(9-11)13(17)15-20(18,19)12-7-5-4-6-10(12)2/h4-8,14H,3,9H2,1-2H3,(H,15,17). The highest BCUT2D eigenvalue weighted by Crippen LogP contribution is 2.15. The minimum atomic E-state index is -3.86. The Morgan fingerprint density at radius 1 is 1.40 bits per heavy atom. The van der Waals surface area contributed by atoms with Crippen LogP contribution in [0.1, 0.15) is 18.9 Å². The highest BCUT2D eigenvalue weighted by Gasteiger charge is 2.25. The van der Waals surface area contributed by atoms with E-state index in [1.165, 1.54) is 11.1 Å². The van der Waals surface area contributed by atoms with Gasteiger partial charge in [0.2, 0.25) is 0 Å². The van der Waals surface area contributed by atoms with Crippen molar-refractivity contribution in [3.63, 3.8) is 0 Å². The molecule has 2 rings (SSSR count). The van der Waals surface area contributed by atoms with Gasteiger partial charge < -0.3 is 5.43 Å². The molecule has 1 heterocycles. The number of carbonyl (C=O) groups is 1. The molecule has 2 N–H and O–H groups in total. The summed E-state index contributed by atoms with van der Waals surface area (Å²) in [5.74, 6) is 0. The van der Waals surface area contributed by atoms with Crippen LogP contribution in [0.2, 0.25) is 0 Å².